The molecule has 2 fully saturated rings. The van der Waals surface area contributed by atoms with E-state index >= 15 is 0 Å². The zero-order valence-corrected chi connectivity index (χ0v) is 12.1. The van der Waals surface area contributed by atoms with Crippen LogP contribution in [0, 0.1) is 5.41 Å². The van der Waals surface area contributed by atoms with Crippen LogP contribution in [0.2, 0.25) is 5.02 Å². The van der Waals surface area contributed by atoms with Crippen LogP contribution < -0.4 is 5.32 Å². The number of halogens is 1. The van der Waals surface area contributed by atoms with Crippen LogP contribution in [-0.4, -0.2) is 25.8 Å². The van der Waals surface area contributed by atoms with Crippen molar-refractivity contribution < 1.29 is 4.74 Å². The first-order valence-electron chi connectivity index (χ1n) is 7.32. The Kier molecular flexibility index (Phi) is 4.11. The zero-order chi connectivity index (χ0) is 13.1. The molecule has 1 aliphatic heterocycles. The van der Waals surface area contributed by atoms with E-state index in [1.54, 1.807) is 0 Å². The van der Waals surface area contributed by atoms with Gasteiger partial charge in [-0.2, -0.15) is 0 Å². The second kappa shape index (κ2) is 5.82. The van der Waals surface area contributed by atoms with E-state index in [1.807, 2.05) is 12.1 Å². The molecule has 0 spiro atoms. The van der Waals surface area contributed by atoms with Gasteiger partial charge in [0.25, 0.3) is 0 Å². The molecule has 1 saturated carbocycles. The third-order valence-electron chi connectivity index (χ3n) is 4.42. The molecule has 2 nitrogen and oxygen atoms in total. The Labute approximate surface area is 120 Å². The van der Waals surface area contributed by atoms with Gasteiger partial charge in [-0.3, -0.25) is 0 Å². The molecule has 0 atom stereocenters. The molecule has 1 aromatic rings. The summed E-state index contributed by atoms with van der Waals surface area (Å²) in [5.41, 5.74) is 1.61. The van der Waals surface area contributed by atoms with Gasteiger partial charge in [0, 0.05) is 30.8 Å². The average Bonchev–Trinajstić information content (AvgIpc) is 3.25. The Hall–Kier alpha value is -0.570. The number of nitrogens with one attached hydrogen (secondary N) is 1. The zero-order valence-electron chi connectivity index (χ0n) is 11.3. The number of ether oxygens (including phenoxy) is 1. The van der Waals surface area contributed by atoms with Crippen molar-refractivity contribution in [1.29, 1.82) is 0 Å². The van der Waals surface area contributed by atoms with Gasteiger partial charge in [0.2, 0.25) is 0 Å². The average molecular weight is 280 g/mol. The van der Waals surface area contributed by atoms with Gasteiger partial charge >= 0.3 is 0 Å². The van der Waals surface area contributed by atoms with E-state index < -0.39 is 0 Å². The third kappa shape index (κ3) is 3.50. The summed E-state index contributed by atoms with van der Waals surface area (Å²) in [6.07, 6.45) is 6.03. The first-order chi connectivity index (χ1) is 9.27. The summed E-state index contributed by atoms with van der Waals surface area (Å²) in [4.78, 5) is 0. The van der Waals surface area contributed by atoms with Gasteiger partial charge in [0.05, 0.1) is 0 Å². The van der Waals surface area contributed by atoms with Crippen LogP contribution in [0.15, 0.2) is 24.3 Å². The van der Waals surface area contributed by atoms with Crippen molar-refractivity contribution in [3.05, 3.63) is 34.9 Å². The van der Waals surface area contributed by atoms with Crippen LogP contribution in [0.1, 0.15) is 31.2 Å². The first-order valence-corrected chi connectivity index (χ1v) is 7.70. The van der Waals surface area contributed by atoms with Crippen LogP contribution in [0.3, 0.4) is 0 Å². The van der Waals surface area contributed by atoms with Crippen molar-refractivity contribution >= 4 is 11.6 Å². The Balaban J connectivity index is 1.72. The van der Waals surface area contributed by atoms with Gasteiger partial charge in [-0.05, 0) is 49.1 Å². The maximum absolute atomic E-state index is 6.33. The monoisotopic (exact) mass is 279 g/mol. The molecule has 0 radical (unpaired) electrons. The Morgan fingerprint density at radius 3 is 2.63 bits per heavy atom. The molecular weight excluding hydrogens is 258 g/mol. The molecule has 1 aromatic carbocycles. The summed E-state index contributed by atoms with van der Waals surface area (Å²) in [6, 6.07) is 9.02. The van der Waals surface area contributed by atoms with E-state index in [2.05, 4.69) is 17.4 Å². The van der Waals surface area contributed by atoms with E-state index in [0.29, 0.717) is 5.41 Å². The minimum atomic E-state index is 0.325. The molecule has 0 aromatic heterocycles. The van der Waals surface area contributed by atoms with E-state index in [9.17, 15) is 0 Å². The number of hydrogen-bond donors (Lipinski definition) is 1. The van der Waals surface area contributed by atoms with Crippen LogP contribution in [0.25, 0.3) is 0 Å². The first kappa shape index (κ1) is 13.4. The minimum Gasteiger partial charge on any atom is -0.381 e. The smallest absolute Gasteiger partial charge is 0.0471 e. The maximum Gasteiger partial charge on any atom is 0.0471 e. The molecule has 1 saturated heterocycles. The standard InChI is InChI=1S/C16H22ClNO/c17-15-4-2-1-3-13(15)11-16(7-9-19-10-8-16)12-18-14-5-6-14/h1-4,14,18H,5-12H2. The van der Waals surface area contributed by atoms with E-state index in [1.165, 1.54) is 18.4 Å². The van der Waals surface area contributed by atoms with Crippen molar-refractivity contribution in [2.24, 2.45) is 5.41 Å². The summed E-state index contributed by atoms with van der Waals surface area (Å²) in [5.74, 6) is 0. The normalized spacial score (nSPS) is 22.4. The molecule has 1 aliphatic carbocycles. The van der Waals surface area contributed by atoms with Gasteiger partial charge < -0.3 is 10.1 Å². The van der Waals surface area contributed by atoms with Crippen molar-refractivity contribution in [2.75, 3.05) is 19.8 Å². The second-order valence-corrected chi connectivity index (χ2v) is 6.44. The highest BCUT2D eigenvalue weighted by Crippen LogP contribution is 2.36. The fourth-order valence-electron chi connectivity index (χ4n) is 2.91. The number of hydrogen-bond acceptors (Lipinski definition) is 2. The van der Waals surface area contributed by atoms with Crippen molar-refractivity contribution in [2.45, 2.75) is 38.1 Å². The van der Waals surface area contributed by atoms with Crippen LogP contribution in [-0.2, 0) is 11.2 Å². The van der Waals surface area contributed by atoms with Gasteiger partial charge in [-0.15, -0.1) is 0 Å². The summed E-state index contributed by atoms with van der Waals surface area (Å²) >= 11 is 6.33. The minimum absolute atomic E-state index is 0.325. The second-order valence-electron chi connectivity index (χ2n) is 6.04. The molecule has 0 bridgehead atoms. The van der Waals surface area contributed by atoms with E-state index in [4.69, 9.17) is 16.3 Å². The summed E-state index contributed by atoms with van der Waals surface area (Å²) < 4.78 is 5.55. The molecule has 19 heavy (non-hydrogen) atoms. The van der Waals surface area contributed by atoms with Crippen LogP contribution in [0.5, 0.6) is 0 Å². The van der Waals surface area contributed by atoms with E-state index in [0.717, 1.165) is 50.1 Å². The third-order valence-corrected chi connectivity index (χ3v) is 4.79. The molecule has 0 amide bonds. The maximum atomic E-state index is 6.33. The Morgan fingerprint density at radius 1 is 1.21 bits per heavy atom. The fourth-order valence-corrected chi connectivity index (χ4v) is 3.12. The number of rotatable bonds is 5. The number of benzene rings is 1. The van der Waals surface area contributed by atoms with Crippen LogP contribution in [0.4, 0.5) is 0 Å². The molecule has 1 heterocycles. The van der Waals surface area contributed by atoms with Crippen molar-refractivity contribution in [3.8, 4) is 0 Å². The molecule has 3 rings (SSSR count). The predicted molar refractivity (Wildman–Crippen MR) is 78.7 cm³/mol. The molecule has 2 aliphatic rings. The largest absolute Gasteiger partial charge is 0.381 e. The summed E-state index contributed by atoms with van der Waals surface area (Å²) in [6.45, 7) is 2.87. The lowest BCUT2D eigenvalue weighted by atomic mass is 9.75. The Morgan fingerprint density at radius 2 is 1.95 bits per heavy atom. The molecular formula is C16H22ClNO. The Bertz CT molecular complexity index is 425. The summed E-state index contributed by atoms with van der Waals surface area (Å²) in [5, 5.41) is 4.61. The summed E-state index contributed by atoms with van der Waals surface area (Å²) in [7, 11) is 0. The van der Waals surface area contributed by atoms with Gasteiger partial charge in [0.1, 0.15) is 0 Å². The van der Waals surface area contributed by atoms with E-state index in [-0.39, 0.29) is 0 Å². The topological polar surface area (TPSA) is 21.3 Å². The van der Waals surface area contributed by atoms with Crippen molar-refractivity contribution in [1.82, 2.24) is 5.32 Å². The lowest BCUT2D eigenvalue weighted by Gasteiger charge is -2.38. The lowest BCUT2D eigenvalue weighted by Crippen LogP contribution is -2.41. The molecule has 104 valence electrons. The highest BCUT2D eigenvalue weighted by atomic mass is 35.5. The lowest BCUT2D eigenvalue weighted by molar-refractivity contribution is 0.0147. The quantitative estimate of drug-likeness (QED) is 0.892. The molecule has 0 unspecified atom stereocenters. The molecule has 1 N–H and O–H groups in total. The van der Waals surface area contributed by atoms with Crippen LogP contribution >= 0.6 is 11.6 Å². The SMILES string of the molecule is Clc1ccccc1CC1(CNC2CC2)CCOCC1. The highest BCUT2D eigenvalue weighted by molar-refractivity contribution is 6.31. The predicted octanol–water partition coefficient (Wildman–Crippen LogP) is 3.43. The highest BCUT2D eigenvalue weighted by Gasteiger charge is 2.35. The van der Waals surface area contributed by atoms with Crippen molar-refractivity contribution in [3.63, 3.8) is 0 Å². The molecule has 3 heteroatoms. The van der Waals surface area contributed by atoms with Gasteiger partial charge in [-0.25, -0.2) is 0 Å². The fraction of sp³-hybridized carbons (Fsp3) is 0.625. The van der Waals surface area contributed by atoms with Gasteiger partial charge in [-0.1, -0.05) is 29.8 Å². The van der Waals surface area contributed by atoms with Gasteiger partial charge in [0.15, 0.2) is 0 Å².